The number of methoxy groups -OCH3 is 1. The van der Waals surface area contributed by atoms with Crippen molar-refractivity contribution >= 4 is 23.2 Å². The normalized spacial score (nSPS) is 15.8. The van der Waals surface area contributed by atoms with Crippen molar-refractivity contribution in [2.24, 2.45) is 19.1 Å². The fraction of sp³-hybridized carbons (Fsp3) is 0.227. The van der Waals surface area contributed by atoms with Gasteiger partial charge < -0.3 is 9.84 Å². The van der Waals surface area contributed by atoms with Gasteiger partial charge in [-0.1, -0.05) is 24.3 Å². The molecule has 1 aromatic heterocycles. The number of nitrogens with zero attached hydrogens (tertiary/aromatic N) is 3. The zero-order chi connectivity index (χ0) is 21.4. The monoisotopic (exact) mass is 423 g/mol. The maximum absolute atomic E-state index is 12.9. The van der Waals surface area contributed by atoms with Crippen molar-refractivity contribution in [1.82, 2.24) is 9.13 Å². The Labute approximate surface area is 177 Å². The molecule has 0 aliphatic carbocycles. The summed E-state index contributed by atoms with van der Waals surface area (Å²) >= 11 is 1.65. The van der Waals surface area contributed by atoms with E-state index in [2.05, 4.69) is 0 Å². The molecule has 7 nitrogen and oxygen atoms in total. The Morgan fingerprint density at radius 1 is 1.07 bits per heavy atom. The predicted octanol–water partition coefficient (Wildman–Crippen LogP) is 3.16. The number of aliphatic imine (C=N–C) groups is 1. The van der Waals surface area contributed by atoms with Crippen LogP contribution < -0.4 is 16.0 Å². The van der Waals surface area contributed by atoms with Gasteiger partial charge in [0.1, 0.15) is 11.3 Å². The van der Waals surface area contributed by atoms with Crippen molar-refractivity contribution in [2.45, 2.75) is 16.6 Å². The summed E-state index contributed by atoms with van der Waals surface area (Å²) in [5.74, 6) is 0.385. The van der Waals surface area contributed by atoms with Crippen LogP contribution in [0.2, 0.25) is 0 Å². The second-order valence-electron chi connectivity index (χ2n) is 7.01. The average Bonchev–Trinajstić information content (AvgIpc) is 2.96. The van der Waals surface area contributed by atoms with Gasteiger partial charge in [-0.25, -0.2) is 4.79 Å². The molecule has 8 heteroatoms. The van der Waals surface area contributed by atoms with Crippen LogP contribution in [0, 0.1) is 0 Å². The first-order valence-electron chi connectivity index (χ1n) is 9.37. The Morgan fingerprint density at radius 3 is 2.47 bits per heavy atom. The van der Waals surface area contributed by atoms with Crippen LogP contribution in [0.15, 0.2) is 68.0 Å². The minimum absolute atomic E-state index is 0.0420. The molecule has 1 aliphatic rings. The number of para-hydroxylation sites is 1. The third-order valence-electron chi connectivity index (χ3n) is 5.18. The van der Waals surface area contributed by atoms with Gasteiger partial charge in [0.15, 0.2) is 0 Å². The van der Waals surface area contributed by atoms with Gasteiger partial charge in [0.2, 0.25) is 5.88 Å². The van der Waals surface area contributed by atoms with Crippen LogP contribution in [0.4, 0.5) is 5.69 Å². The van der Waals surface area contributed by atoms with Crippen LogP contribution in [-0.2, 0) is 14.1 Å². The average molecular weight is 423 g/mol. The Hall–Kier alpha value is -3.26. The maximum atomic E-state index is 12.9. The van der Waals surface area contributed by atoms with Crippen molar-refractivity contribution in [3.05, 3.63) is 80.5 Å². The summed E-state index contributed by atoms with van der Waals surface area (Å²) < 4.78 is 7.31. The molecule has 1 atom stereocenters. The molecule has 0 saturated heterocycles. The van der Waals surface area contributed by atoms with Gasteiger partial charge in [-0.05, 0) is 29.8 Å². The predicted molar refractivity (Wildman–Crippen MR) is 117 cm³/mol. The van der Waals surface area contributed by atoms with E-state index in [9.17, 15) is 14.7 Å². The van der Waals surface area contributed by atoms with E-state index < -0.39 is 11.2 Å². The SMILES string of the molecule is COc1ccc(C2CC(c3c(O)n(C)c(=O)n(C)c3=O)=Nc3ccccc3S2)cc1. The number of thioether (sulfide) groups is 1. The van der Waals surface area contributed by atoms with Crippen molar-refractivity contribution in [3.8, 4) is 11.6 Å². The molecular weight excluding hydrogens is 402 g/mol. The zero-order valence-corrected chi connectivity index (χ0v) is 17.6. The fourth-order valence-electron chi connectivity index (χ4n) is 3.46. The molecule has 1 N–H and O–H groups in total. The zero-order valence-electron chi connectivity index (χ0n) is 16.8. The van der Waals surface area contributed by atoms with E-state index in [1.54, 1.807) is 18.9 Å². The summed E-state index contributed by atoms with van der Waals surface area (Å²) in [7, 11) is 4.45. The summed E-state index contributed by atoms with van der Waals surface area (Å²) in [5.41, 5.74) is 1.12. The first kappa shape index (κ1) is 20.0. The quantitative estimate of drug-likeness (QED) is 0.699. The molecular formula is C22H21N3O4S. The molecule has 2 heterocycles. The highest BCUT2D eigenvalue weighted by molar-refractivity contribution is 7.99. The highest BCUT2D eigenvalue weighted by Crippen LogP contribution is 2.45. The molecule has 0 bridgehead atoms. The second-order valence-corrected chi connectivity index (χ2v) is 8.26. The number of ether oxygens (including phenoxy) is 1. The molecule has 154 valence electrons. The molecule has 30 heavy (non-hydrogen) atoms. The summed E-state index contributed by atoms with van der Waals surface area (Å²) in [4.78, 5) is 30.8. The van der Waals surface area contributed by atoms with Crippen molar-refractivity contribution < 1.29 is 9.84 Å². The van der Waals surface area contributed by atoms with Gasteiger partial charge in [-0.2, -0.15) is 0 Å². The molecule has 0 fully saturated rings. The molecule has 2 aromatic carbocycles. The lowest BCUT2D eigenvalue weighted by Crippen LogP contribution is -2.40. The first-order valence-corrected chi connectivity index (χ1v) is 10.2. The highest BCUT2D eigenvalue weighted by Gasteiger charge is 2.27. The van der Waals surface area contributed by atoms with E-state index in [1.807, 2.05) is 48.5 Å². The van der Waals surface area contributed by atoms with Crippen LogP contribution in [0.5, 0.6) is 11.6 Å². The molecule has 1 unspecified atom stereocenters. The van der Waals surface area contributed by atoms with E-state index >= 15 is 0 Å². The Bertz CT molecular complexity index is 1260. The van der Waals surface area contributed by atoms with E-state index in [0.717, 1.165) is 31.0 Å². The molecule has 1 aliphatic heterocycles. The van der Waals surface area contributed by atoms with E-state index in [4.69, 9.17) is 9.73 Å². The first-order chi connectivity index (χ1) is 14.4. The standard InChI is InChI=1S/C22H21N3O4S/c1-24-20(26)19(21(27)25(2)22(24)28)16-12-18(13-8-10-14(29-3)11-9-13)30-17-7-5-4-6-15(17)23-16/h4-11,18,26H,12H2,1-3H3. The lowest BCUT2D eigenvalue weighted by Gasteiger charge is -2.17. The molecule has 0 amide bonds. The molecule has 3 aromatic rings. The van der Waals surface area contributed by atoms with Crippen molar-refractivity contribution in [1.29, 1.82) is 0 Å². The summed E-state index contributed by atoms with van der Waals surface area (Å²) in [6.07, 6.45) is 0.409. The molecule has 0 radical (unpaired) electrons. The Kier molecular flexibility index (Phi) is 5.26. The van der Waals surface area contributed by atoms with Crippen LogP contribution >= 0.6 is 11.8 Å². The van der Waals surface area contributed by atoms with Gasteiger partial charge in [0.05, 0.1) is 18.5 Å². The third-order valence-corrected chi connectivity index (χ3v) is 6.50. The highest BCUT2D eigenvalue weighted by atomic mass is 32.2. The number of aromatic hydroxyl groups is 1. The number of hydrogen-bond acceptors (Lipinski definition) is 6. The molecule has 0 saturated carbocycles. The van der Waals surface area contributed by atoms with Gasteiger partial charge >= 0.3 is 5.69 Å². The van der Waals surface area contributed by atoms with E-state index in [-0.39, 0.29) is 16.7 Å². The van der Waals surface area contributed by atoms with Gasteiger partial charge in [0, 0.05) is 30.7 Å². The van der Waals surface area contributed by atoms with Crippen molar-refractivity contribution in [3.63, 3.8) is 0 Å². The second kappa shape index (κ2) is 7.87. The van der Waals surface area contributed by atoms with E-state index in [0.29, 0.717) is 12.1 Å². The third kappa shape index (κ3) is 3.43. The van der Waals surface area contributed by atoms with Gasteiger partial charge in [-0.3, -0.25) is 18.9 Å². The minimum Gasteiger partial charge on any atom is -0.497 e. The van der Waals surface area contributed by atoms with Crippen LogP contribution in [0.25, 0.3) is 0 Å². The summed E-state index contributed by atoms with van der Waals surface area (Å²) in [5, 5.41) is 10.6. The topological polar surface area (TPSA) is 85.8 Å². The number of fused-ring (bicyclic) bond motifs is 1. The van der Waals surface area contributed by atoms with Crippen LogP contribution in [0.1, 0.15) is 22.8 Å². The van der Waals surface area contributed by atoms with Gasteiger partial charge in [0.25, 0.3) is 5.56 Å². The molecule has 0 spiro atoms. The van der Waals surface area contributed by atoms with Crippen LogP contribution in [0.3, 0.4) is 0 Å². The van der Waals surface area contributed by atoms with Crippen molar-refractivity contribution in [2.75, 3.05) is 7.11 Å². The lowest BCUT2D eigenvalue weighted by molar-refractivity contribution is 0.410. The van der Waals surface area contributed by atoms with E-state index in [1.165, 1.54) is 14.1 Å². The van der Waals surface area contributed by atoms with Crippen LogP contribution in [-0.4, -0.2) is 27.1 Å². The summed E-state index contributed by atoms with van der Waals surface area (Å²) in [6.45, 7) is 0. The lowest BCUT2D eigenvalue weighted by atomic mass is 10.0. The minimum atomic E-state index is -0.586. The number of rotatable bonds is 3. The largest absolute Gasteiger partial charge is 0.497 e. The smallest absolute Gasteiger partial charge is 0.333 e. The fourth-order valence-corrected chi connectivity index (χ4v) is 4.69. The number of benzene rings is 2. The number of hydrogen-bond donors (Lipinski definition) is 1. The molecule has 4 rings (SSSR count). The Balaban J connectivity index is 1.90. The maximum Gasteiger partial charge on any atom is 0.333 e. The Morgan fingerprint density at radius 2 is 1.77 bits per heavy atom. The van der Waals surface area contributed by atoms with Gasteiger partial charge in [-0.15, -0.1) is 11.8 Å². The summed E-state index contributed by atoms with van der Waals surface area (Å²) in [6, 6.07) is 15.5. The number of aromatic nitrogens is 2.